The Labute approximate surface area is 130 Å². The number of primary amides is 1. The molecule has 1 saturated heterocycles. The Hall–Kier alpha value is -2.27. The summed E-state index contributed by atoms with van der Waals surface area (Å²) >= 11 is 0. The second-order valence-corrected chi connectivity index (χ2v) is 5.78. The van der Waals surface area contributed by atoms with E-state index in [2.05, 4.69) is 39.7 Å². The molecule has 0 atom stereocenters. The number of piperazine rings is 1. The number of hydrogen-bond donors (Lipinski definition) is 1. The third-order valence-electron chi connectivity index (χ3n) is 4.33. The first-order valence-corrected chi connectivity index (χ1v) is 7.61. The molecule has 2 N–H and O–H groups in total. The number of hydrogen-bond acceptors (Lipinski definition) is 3. The molecule has 1 fully saturated rings. The number of carbonyl (C=O) groups excluding carboxylic acids is 1. The van der Waals surface area contributed by atoms with Gasteiger partial charge in [-0.2, -0.15) is 0 Å². The average Bonchev–Trinajstić information content (AvgIpc) is 2.93. The summed E-state index contributed by atoms with van der Waals surface area (Å²) < 4.78 is 2.18. The van der Waals surface area contributed by atoms with Crippen LogP contribution in [0.15, 0.2) is 42.6 Å². The lowest BCUT2D eigenvalue weighted by Crippen LogP contribution is -2.46. The molecule has 2 heterocycles. The Kier molecular flexibility index (Phi) is 4.15. The summed E-state index contributed by atoms with van der Waals surface area (Å²) in [7, 11) is 2.09. The topological polar surface area (TPSA) is 54.5 Å². The second-order valence-electron chi connectivity index (χ2n) is 5.78. The van der Waals surface area contributed by atoms with E-state index < -0.39 is 0 Å². The van der Waals surface area contributed by atoms with Gasteiger partial charge in [-0.25, -0.2) is 0 Å². The van der Waals surface area contributed by atoms with Crippen molar-refractivity contribution in [2.75, 3.05) is 31.1 Å². The van der Waals surface area contributed by atoms with Crippen molar-refractivity contribution in [1.82, 2.24) is 9.47 Å². The van der Waals surface area contributed by atoms with Gasteiger partial charge in [-0.05, 0) is 36.4 Å². The van der Waals surface area contributed by atoms with Crippen LogP contribution in [0.1, 0.15) is 16.1 Å². The van der Waals surface area contributed by atoms with Crippen LogP contribution in [0, 0.1) is 0 Å². The number of aryl methyl sites for hydroxylation is 1. The summed E-state index contributed by atoms with van der Waals surface area (Å²) in [5.74, 6) is -0.376. The third-order valence-corrected chi connectivity index (χ3v) is 4.33. The van der Waals surface area contributed by atoms with E-state index in [1.54, 1.807) is 12.1 Å². The largest absolute Gasteiger partial charge is 0.369 e. The van der Waals surface area contributed by atoms with Crippen molar-refractivity contribution in [3.63, 3.8) is 0 Å². The summed E-state index contributed by atoms with van der Waals surface area (Å²) in [6.45, 7) is 5.09. The summed E-state index contributed by atoms with van der Waals surface area (Å²) in [4.78, 5) is 15.9. The van der Waals surface area contributed by atoms with Crippen LogP contribution in [-0.4, -0.2) is 41.6 Å². The lowest BCUT2D eigenvalue weighted by atomic mass is 10.1. The molecule has 1 aliphatic heterocycles. The maximum absolute atomic E-state index is 11.1. The van der Waals surface area contributed by atoms with Gasteiger partial charge in [-0.1, -0.05) is 0 Å². The molecule has 0 aliphatic carbocycles. The van der Waals surface area contributed by atoms with E-state index in [-0.39, 0.29) is 5.91 Å². The minimum Gasteiger partial charge on any atom is -0.369 e. The lowest BCUT2D eigenvalue weighted by Gasteiger charge is -2.36. The Morgan fingerprint density at radius 2 is 1.77 bits per heavy atom. The normalized spacial score (nSPS) is 16.0. The molecule has 1 amide bonds. The highest BCUT2D eigenvalue weighted by Gasteiger charge is 2.18. The Morgan fingerprint density at radius 1 is 1.09 bits per heavy atom. The van der Waals surface area contributed by atoms with Crippen LogP contribution in [0.25, 0.3) is 0 Å². The molecular formula is C17H22N4O. The quantitative estimate of drug-likeness (QED) is 0.929. The number of rotatable bonds is 4. The molecule has 5 heteroatoms. The van der Waals surface area contributed by atoms with Crippen molar-refractivity contribution < 1.29 is 4.79 Å². The molecule has 3 rings (SSSR count). The van der Waals surface area contributed by atoms with Crippen LogP contribution in [0.3, 0.4) is 0 Å². The number of amides is 1. The maximum Gasteiger partial charge on any atom is 0.248 e. The minimum atomic E-state index is -0.376. The fourth-order valence-corrected chi connectivity index (χ4v) is 2.89. The second kappa shape index (κ2) is 6.23. The van der Waals surface area contributed by atoms with E-state index >= 15 is 0 Å². The molecule has 1 aromatic carbocycles. The van der Waals surface area contributed by atoms with E-state index in [1.807, 2.05) is 12.1 Å². The van der Waals surface area contributed by atoms with Crippen molar-refractivity contribution in [2.45, 2.75) is 6.54 Å². The summed E-state index contributed by atoms with van der Waals surface area (Å²) in [6, 6.07) is 11.8. The minimum absolute atomic E-state index is 0.376. The fraction of sp³-hybridized carbons (Fsp3) is 0.353. The summed E-state index contributed by atoms with van der Waals surface area (Å²) in [5.41, 5.74) is 8.34. The smallest absolute Gasteiger partial charge is 0.248 e. The van der Waals surface area contributed by atoms with Crippen LogP contribution in [0.5, 0.6) is 0 Å². The zero-order chi connectivity index (χ0) is 15.5. The molecule has 0 spiro atoms. The highest BCUT2D eigenvalue weighted by Crippen LogP contribution is 2.18. The van der Waals surface area contributed by atoms with Crippen molar-refractivity contribution in [2.24, 2.45) is 12.8 Å². The van der Waals surface area contributed by atoms with Gasteiger partial charge in [-0.3, -0.25) is 9.69 Å². The highest BCUT2D eigenvalue weighted by molar-refractivity contribution is 5.93. The van der Waals surface area contributed by atoms with E-state index in [0.717, 1.165) is 38.4 Å². The van der Waals surface area contributed by atoms with E-state index in [9.17, 15) is 4.79 Å². The molecule has 1 aromatic heterocycles. The van der Waals surface area contributed by atoms with E-state index in [4.69, 9.17) is 5.73 Å². The number of nitrogens with two attached hydrogens (primary N) is 1. The number of carbonyl (C=O) groups is 1. The predicted octanol–water partition coefficient (Wildman–Crippen LogP) is 1.45. The van der Waals surface area contributed by atoms with Crippen LogP contribution >= 0.6 is 0 Å². The third kappa shape index (κ3) is 3.14. The van der Waals surface area contributed by atoms with Gasteiger partial charge in [0.2, 0.25) is 5.91 Å². The Morgan fingerprint density at radius 3 is 2.32 bits per heavy atom. The van der Waals surface area contributed by atoms with Crippen LogP contribution in [0.4, 0.5) is 5.69 Å². The standard InChI is InChI=1S/C17H22N4O/c1-19-8-2-3-16(19)13-20-9-11-21(12-10-20)15-6-4-14(5-7-15)17(18)22/h2-8H,9-13H2,1H3,(H2,18,22). The Balaban J connectivity index is 1.57. The number of nitrogens with zero attached hydrogens (tertiary/aromatic N) is 3. The average molecular weight is 298 g/mol. The van der Waals surface area contributed by atoms with Crippen molar-refractivity contribution >= 4 is 11.6 Å². The molecule has 0 bridgehead atoms. The van der Waals surface area contributed by atoms with E-state index in [1.165, 1.54) is 5.69 Å². The van der Waals surface area contributed by atoms with Gasteiger partial charge in [0.15, 0.2) is 0 Å². The molecule has 5 nitrogen and oxygen atoms in total. The molecule has 2 aromatic rings. The molecular weight excluding hydrogens is 276 g/mol. The highest BCUT2D eigenvalue weighted by atomic mass is 16.1. The van der Waals surface area contributed by atoms with Crippen molar-refractivity contribution in [1.29, 1.82) is 0 Å². The van der Waals surface area contributed by atoms with Gasteiger partial charge in [0, 0.05) is 62.9 Å². The first-order chi connectivity index (χ1) is 10.6. The van der Waals surface area contributed by atoms with Crippen molar-refractivity contribution in [3.8, 4) is 0 Å². The molecule has 22 heavy (non-hydrogen) atoms. The van der Waals surface area contributed by atoms with Gasteiger partial charge in [0.05, 0.1) is 0 Å². The Bertz CT molecular complexity index is 639. The summed E-state index contributed by atoms with van der Waals surface area (Å²) in [6.07, 6.45) is 2.09. The zero-order valence-electron chi connectivity index (χ0n) is 12.9. The van der Waals surface area contributed by atoms with Crippen LogP contribution in [-0.2, 0) is 13.6 Å². The fourth-order valence-electron chi connectivity index (χ4n) is 2.89. The molecule has 0 radical (unpaired) electrons. The maximum atomic E-state index is 11.1. The zero-order valence-corrected chi connectivity index (χ0v) is 12.9. The molecule has 1 aliphatic rings. The first kappa shape index (κ1) is 14.7. The monoisotopic (exact) mass is 298 g/mol. The molecule has 0 saturated carbocycles. The molecule has 0 unspecified atom stereocenters. The summed E-state index contributed by atoms with van der Waals surface area (Å²) in [5, 5.41) is 0. The predicted molar refractivity (Wildman–Crippen MR) is 87.9 cm³/mol. The first-order valence-electron chi connectivity index (χ1n) is 7.61. The SMILES string of the molecule is Cn1cccc1CN1CCN(c2ccc(C(N)=O)cc2)CC1. The van der Waals surface area contributed by atoms with Gasteiger partial charge in [-0.15, -0.1) is 0 Å². The van der Waals surface area contributed by atoms with Gasteiger partial charge in [0.1, 0.15) is 0 Å². The van der Waals surface area contributed by atoms with Crippen LogP contribution in [0.2, 0.25) is 0 Å². The van der Waals surface area contributed by atoms with Gasteiger partial charge in [0.25, 0.3) is 0 Å². The number of benzene rings is 1. The van der Waals surface area contributed by atoms with Gasteiger partial charge >= 0.3 is 0 Å². The van der Waals surface area contributed by atoms with Crippen molar-refractivity contribution in [3.05, 3.63) is 53.9 Å². The molecule has 116 valence electrons. The number of anilines is 1. The number of aromatic nitrogens is 1. The van der Waals surface area contributed by atoms with Crippen LogP contribution < -0.4 is 10.6 Å². The lowest BCUT2D eigenvalue weighted by molar-refractivity contribution is 0.100. The van der Waals surface area contributed by atoms with E-state index in [0.29, 0.717) is 5.56 Å². The van der Waals surface area contributed by atoms with Gasteiger partial charge < -0.3 is 15.2 Å².